The largest absolute Gasteiger partial charge is 0.351 e. The Kier molecular flexibility index (Phi) is 5.60. The summed E-state index contributed by atoms with van der Waals surface area (Å²) in [5.74, 6) is -0.509. The number of nitro groups is 1. The van der Waals surface area contributed by atoms with Gasteiger partial charge in [0.15, 0.2) is 0 Å². The predicted octanol–water partition coefficient (Wildman–Crippen LogP) is 0.612. The zero-order valence-corrected chi connectivity index (χ0v) is 11.0. The van der Waals surface area contributed by atoms with Crippen LogP contribution in [0.4, 0.5) is 10.5 Å². The Bertz CT molecular complexity index is 518. The standard InChI is InChI=1S/C12H16N4O4/c1-2-15(8-11(17)14-12(13)18)7-9-4-3-5-10(6-9)16(19)20/h3-6H,2,7-8H2,1H3,(H3,13,14,17,18). The second-order valence-electron chi connectivity index (χ2n) is 4.14. The molecule has 8 heteroatoms. The molecule has 8 nitrogen and oxygen atoms in total. The van der Waals surface area contributed by atoms with Crippen LogP contribution in [0.3, 0.4) is 0 Å². The second-order valence-corrected chi connectivity index (χ2v) is 4.14. The van der Waals surface area contributed by atoms with E-state index in [1.807, 2.05) is 12.2 Å². The van der Waals surface area contributed by atoms with Gasteiger partial charge in [0.05, 0.1) is 11.5 Å². The van der Waals surface area contributed by atoms with E-state index in [4.69, 9.17) is 5.73 Å². The smallest absolute Gasteiger partial charge is 0.318 e. The maximum Gasteiger partial charge on any atom is 0.318 e. The van der Waals surface area contributed by atoms with Crippen molar-refractivity contribution in [2.75, 3.05) is 13.1 Å². The summed E-state index contributed by atoms with van der Waals surface area (Å²) >= 11 is 0. The number of likely N-dealkylation sites (N-methyl/N-ethyl adjacent to an activating group) is 1. The van der Waals surface area contributed by atoms with E-state index in [1.165, 1.54) is 12.1 Å². The van der Waals surface area contributed by atoms with Crippen LogP contribution in [0.25, 0.3) is 0 Å². The third-order valence-corrected chi connectivity index (χ3v) is 2.60. The quantitative estimate of drug-likeness (QED) is 0.584. The van der Waals surface area contributed by atoms with Crippen molar-refractivity contribution in [3.8, 4) is 0 Å². The Hall–Kier alpha value is -2.48. The Labute approximate surface area is 115 Å². The van der Waals surface area contributed by atoms with E-state index in [-0.39, 0.29) is 12.2 Å². The molecule has 0 radical (unpaired) electrons. The number of nitrogens with one attached hydrogen (secondary N) is 1. The fraction of sp³-hybridized carbons (Fsp3) is 0.333. The van der Waals surface area contributed by atoms with Gasteiger partial charge < -0.3 is 5.73 Å². The fourth-order valence-electron chi connectivity index (χ4n) is 1.69. The minimum absolute atomic E-state index is 0.000130. The lowest BCUT2D eigenvalue weighted by molar-refractivity contribution is -0.384. The van der Waals surface area contributed by atoms with E-state index in [0.29, 0.717) is 18.7 Å². The minimum Gasteiger partial charge on any atom is -0.351 e. The minimum atomic E-state index is -0.901. The van der Waals surface area contributed by atoms with Crippen molar-refractivity contribution >= 4 is 17.6 Å². The lowest BCUT2D eigenvalue weighted by Crippen LogP contribution is -2.42. The van der Waals surface area contributed by atoms with Crippen molar-refractivity contribution in [1.82, 2.24) is 10.2 Å². The van der Waals surface area contributed by atoms with Gasteiger partial charge in [0.2, 0.25) is 5.91 Å². The topological polar surface area (TPSA) is 119 Å². The van der Waals surface area contributed by atoms with E-state index in [0.717, 1.165) is 0 Å². The number of hydrogen-bond donors (Lipinski definition) is 2. The molecule has 0 fully saturated rings. The van der Waals surface area contributed by atoms with Crippen LogP contribution >= 0.6 is 0 Å². The van der Waals surface area contributed by atoms with E-state index < -0.39 is 16.9 Å². The number of nitrogens with two attached hydrogens (primary N) is 1. The third kappa shape index (κ3) is 5.02. The van der Waals surface area contributed by atoms with Gasteiger partial charge in [0.1, 0.15) is 0 Å². The molecule has 108 valence electrons. The van der Waals surface area contributed by atoms with Gasteiger partial charge in [-0.25, -0.2) is 4.79 Å². The van der Waals surface area contributed by atoms with E-state index in [9.17, 15) is 19.7 Å². The SMILES string of the molecule is CCN(CC(=O)NC(N)=O)Cc1cccc([N+](=O)[O-])c1. The average Bonchev–Trinajstić information content (AvgIpc) is 2.37. The molecule has 0 atom stereocenters. The number of nitrogens with zero attached hydrogens (tertiary/aromatic N) is 2. The van der Waals surface area contributed by atoms with E-state index in [1.54, 1.807) is 17.0 Å². The highest BCUT2D eigenvalue weighted by Gasteiger charge is 2.12. The summed E-state index contributed by atoms with van der Waals surface area (Å²) < 4.78 is 0. The first kappa shape index (κ1) is 15.6. The number of carbonyl (C=O) groups excluding carboxylic acids is 2. The zero-order valence-electron chi connectivity index (χ0n) is 11.0. The Morgan fingerprint density at radius 1 is 1.45 bits per heavy atom. The number of amides is 3. The average molecular weight is 280 g/mol. The maximum atomic E-state index is 11.4. The molecule has 3 N–H and O–H groups in total. The van der Waals surface area contributed by atoms with Crippen LogP contribution in [0.5, 0.6) is 0 Å². The molecule has 0 aliphatic heterocycles. The molecule has 1 aromatic rings. The molecule has 0 saturated heterocycles. The van der Waals surface area contributed by atoms with Crippen molar-refractivity contribution in [3.05, 3.63) is 39.9 Å². The Morgan fingerprint density at radius 3 is 2.70 bits per heavy atom. The highest BCUT2D eigenvalue weighted by Crippen LogP contribution is 2.14. The summed E-state index contributed by atoms with van der Waals surface area (Å²) in [7, 11) is 0. The normalized spacial score (nSPS) is 10.3. The summed E-state index contributed by atoms with van der Waals surface area (Å²) in [4.78, 5) is 33.9. The summed E-state index contributed by atoms with van der Waals surface area (Å²) in [5, 5.41) is 12.7. The molecule has 0 aliphatic rings. The van der Waals surface area contributed by atoms with Crippen molar-refractivity contribution in [2.24, 2.45) is 5.73 Å². The fourth-order valence-corrected chi connectivity index (χ4v) is 1.69. The van der Waals surface area contributed by atoms with Crippen LogP contribution in [-0.4, -0.2) is 34.9 Å². The van der Waals surface area contributed by atoms with Crippen LogP contribution in [0.2, 0.25) is 0 Å². The van der Waals surface area contributed by atoms with E-state index >= 15 is 0 Å². The van der Waals surface area contributed by atoms with Gasteiger partial charge in [-0.15, -0.1) is 0 Å². The molecule has 1 aromatic carbocycles. The first-order valence-corrected chi connectivity index (χ1v) is 5.97. The van der Waals surface area contributed by atoms with Crippen molar-refractivity contribution in [3.63, 3.8) is 0 Å². The molecule has 3 amide bonds. The molecule has 0 aliphatic carbocycles. The number of non-ortho nitro benzene ring substituents is 1. The number of imide groups is 1. The van der Waals surface area contributed by atoms with Crippen LogP contribution in [0.15, 0.2) is 24.3 Å². The lowest BCUT2D eigenvalue weighted by atomic mass is 10.2. The van der Waals surface area contributed by atoms with Crippen molar-refractivity contribution in [1.29, 1.82) is 0 Å². The van der Waals surface area contributed by atoms with Gasteiger partial charge in [0, 0.05) is 18.7 Å². The number of urea groups is 1. The predicted molar refractivity (Wildman–Crippen MR) is 71.8 cm³/mol. The monoisotopic (exact) mass is 280 g/mol. The molecule has 0 bridgehead atoms. The van der Waals surface area contributed by atoms with Crippen molar-refractivity contribution in [2.45, 2.75) is 13.5 Å². The number of benzene rings is 1. The molecular formula is C12H16N4O4. The maximum absolute atomic E-state index is 11.4. The number of nitro benzene ring substituents is 1. The number of rotatable bonds is 6. The molecular weight excluding hydrogens is 264 g/mol. The molecule has 1 rings (SSSR count). The third-order valence-electron chi connectivity index (χ3n) is 2.60. The van der Waals surface area contributed by atoms with Gasteiger partial charge in [-0.1, -0.05) is 19.1 Å². The Balaban J connectivity index is 2.68. The summed E-state index contributed by atoms with van der Waals surface area (Å²) in [6, 6.07) is 5.28. The second kappa shape index (κ2) is 7.19. The molecule has 0 heterocycles. The van der Waals surface area contributed by atoms with Gasteiger partial charge in [-0.2, -0.15) is 0 Å². The molecule has 20 heavy (non-hydrogen) atoms. The van der Waals surface area contributed by atoms with Gasteiger partial charge >= 0.3 is 6.03 Å². The lowest BCUT2D eigenvalue weighted by Gasteiger charge is -2.19. The molecule has 0 saturated carbocycles. The van der Waals surface area contributed by atoms with Crippen LogP contribution < -0.4 is 11.1 Å². The van der Waals surface area contributed by atoms with Gasteiger partial charge in [-0.05, 0) is 12.1 Å². The number of carbonyl (C=O) groups is 2. The van der Waals surface area contributed by atoms with Gasteiger partial charge in [0.25, 0.3) is 5.69 Å². The van der Waals surface area contributed by atoms with Crippen LogP contribution in [0.1, 0.15) is 12.5 Å². The molecule has 0 unspecified atom stereocenters. The summed E-state index contributed by atoms with van der Waals surface area (Å²) in [5.41, 5.74) is 5.57. The Morgan fingerprint density at radius 2 is 2.15 bits per heavy atom. The van der Waals surface area contributed by atoms with Crippen LogP contribution in [0, 0.1) is 10.1 Å². The van der Waals surface area contributed by atoms with Crippen LogP contribution in [-0.2, 0) is 11.3 Å². The molecule has 0 aromatic heterocycles. The van der Waals surface area contributed by atoms with Gasteiger partial charge in [-0.3, -0.25) is 25.1 Å². The molecule has 0 spiro atoms. The van der Waals surface area contributed by atoms with Crippen molar-refractivity contribution < 1.29 is 14.5 Å². The zero-order chi connectivity index (χ0) is 15.1. The highest BCUT2D eigenvalue weighted by atomic mass is 16.6. The van der Waals surface area contributed by atoms with E-state index in [2.05, 4.69) is 0 Å². The first-order valence-electron chi connectivity index (χ1n) is 5.97. The highest BCUT2D eigenvalue weighted by molar-refractivity contribution is 5.94. The summed E-state index contributed by atoms with van der Waals surface area (Å²) in [6.07, 6.45) is 0. The summed E-state index contributed by atoms with van der Waals surface area (Å²) in [6.45, 7) is 2.75. The number of hydrogen-bond acceptors (Lipinski definition) is 5. The first-order chi connectivity index (χ1) is 9.42. The number of primary amides is 1.